The highest BCUT2D eigenvalue weighted by Gasteiger charge is 2.21. The van der Waals surface area contributed by atoms with Gasteiger partial charge in [0, 0.05) is 6.08 Å². The van der Waals surface area contributed by atoms with Crippen LogP contribution < -0.4 is 0 Å². The molecule has 1 rings (SSSR count). The zero-order valence-corrected chi connectivity index (χ0v) is 6.65. The highest BCUT2D eigenvalue weighted by atomic mass is 16.5. The van der Waals surface area contributed by atoms with Crippen molar-refractivity contribution < 1.29 is 19.1 Å². The van der Waals surface area contributed by atoms with Crippen molar-refractivity contribution in [2.75, 3.05) is 0 Å². The second kappa shape index (κ2) is 3.62. The highest BCUT2D eigenvalue weighted by molar-refractivity contribution is 6.47. The largest absolute Gasteiger partial charge is 0.419 e. The molecule has 0 aromatic rings. The fraction of sp³-hybridized carbons (Fsp3) is 0. The third kappa shape index (κ3) is 1.99. The van der Waals surface area contributed by atoms with Crippen LogP contribution >= 0.6 is 0 Å². The van der Waals surface area contributed by atoms with E-state index in [1.54, 1.807) is 0 Å². The summed E-state index contributed by atoms with van der Waals surface area (Å²) in [6, 6.07) is 0. The van der Waals surface area contributed by atoms with Crippen molar-refractivity contribution in [2.45, 2.75) is 0 Å². The van der Waals surface area contributed by atoms with Crippen LogP contribution in [0.4, 0.5) is 0 Å². The number of hydrogen-bond acceptors (Lipinski definition) is 4. The molecule has 0 aliphatic heterocycles. The first kappa shape index (κ1) is 9.12. The number of allylic oxidation sites excluding steroid dienone is 4. The van der Waals surface area contributed by atoms with Gasteiger partial charge in [-0.2, -0.15) is 0 Å². The molecule has 0 fully saturated rings. The van der Waals surface area contributed by atoms with E-state index in [0.717, 1.165) is 12.2 Å². The minimum atomic E-state index is -0.822. The van der Waals surface area contributed by atoms with E-state index in [1.807, 2.05) is 0 Å². The van der Waals surface area contributed by atoms with E-state index in [2.05, 4.69) is 11.3 Å². The van der Waals surface area contributed by atoms with Crippen molar-refractivity contribution in [3.8, 4) is 0 Å². The molecule has 13 heavy (non-hydrogen) atoms. The maximum atomic E-state index is 11.0. The second-order valence-corrected chi connectivity index (χ2v) is 2.21. The molecule has 66 valence electrons. The standard InChI is InChI=1S/C9H6O4/c1-2-8(11)13-7-5-3-4-6(10)9(7)12/h2-5H,1H2. The summed E-state index contributed by atoms with van der Waals surface area (Å²) in [4.78, 5) is 32.4. The van der Waals surface area contributed by atoms with Gasteiger partial charge in [-0.15, -0.1) is 0 Å². The Bertz CT molecular complexity index is 347. The van der Waals surface area contributed by atoms with Crippen LogP contribution in [0.1, 0.15) is 0 Å². The molecule has 0 aromatic heterocycles. The number of ketones is 2. The van der Waals surface area contributed by atoms with E-state index in [0.29, 0.717) is 0 Å². The summed E-state index contributed by atoms with van der Waals surface area (Å²) in [6.07, 6.45) is 4.62. The van der Waals surface area contributed by atoms with E-state index < -0.39 is 17.5 Å². The summed E-state index contributed by atoms with van der Waals surface area (Å²) >= 11 is 0. The Labute approximate surface area is 74.2 Å². The Kier molecular flexibility index (Phi) is 2.54. The van der Waals surface area contributed by atoms with Crippen molar-refractivity contribution in [2.24, 2.45) is 0 Å². The Hall–Kier alpha value is -1.97. The normalized spacial score (nSPS) is 15.2. The van der Waals surface area contributed by atoms with Gasteiger partial charge in [0.05, 0.1) is 0 Å². The Morgan fingerprint density at radius 1 is 1.46 bits per heavy atom. The van der Waals surface area contributed by atoms with E-state index in [4.69, 9.17) is 0 Å². The topological polar surface area (TPSA) is 60.4 Å². The van der Waals surface area contributed by atoms with Gasteiger partial charge in [-0.25, -0.2) is 4.79 Å². The Morgan fingerprint density at radius 3 is 2.77 bits per heavy atom. The Morgan fingerprint density at radius 2 is 2.15 bits per heavy atom. The lowest BCUT2D eigenvalue weighted by Gasteiger charge is -2.05. The number of hydrogen-bond donors (Lipinski definition) is 0. The monoisotopic (exact) mass is 178 g/mol. The number of carbonyl (C=O) groups excluding carboxylic acids is 3. The first-order chi connectivity index (χ1) is 6.15. The van der Waals surface area contributed by atoms with Gasteiger partial charge in [0.25, 0.3) is 5.78 Å². The molecule has 0 radical (unpaired) electrons. The average Bonchev–Trinajstić information content (AvgIpc) is 2.13. The van der Waals surface area contributed by atoms with E-state index >= 15 is 0 Å². The van der Waals surface area contributed by atoms with Crippen molar-refractivity contribution in [3.63, 3.8) is 0 Å². The summed E-state index contributed by atoms with van der Waals surface area (Å²) in [5, 5.41) is 0. The number of carbonyl (C=O) groups is 3. The van der Waals surface area contributed by atoms with Crippen LogP contribution in [-0.4, -0.2) is 17.5 Å². The van der Waals surface area contributed by atoms with Crippen molar-refractivity contribution in [1.82, 2.24) is 0 Å². The van der Waals surface area contributed by atoms with Crippen molar-refractivity contribution in [3.05, 3.63) is 36.6 Å². The fourth-order valence-corrected chi connectivity index (χ4v) is 0.726. The van der Waals surface area contributed by atoms with Crippen LogP contribution in [0.15, 0.2) is 36.6 Å². The van der Waals surface area contributed by atoms with Crippen molar-refractivity contribution >= 4 is 17.5 Å². The van der Waals surface area contributed by atoms with Crippen LogP contribution in [0.25, 0.3) is 0 Å². The predicted molar refractivity (Wildman–Crippen MR) is 43.5 cm³/mol. The van der Waals surface area contributed by atoms with Crippen LogP contribution in [0.2, 0.25) is 0 Å². The zero-order valence-electron chi connectivity index (χ0n) is 6.65. The third-order valence-corrected chi connectivity index (χ3v) is 1.32. The molecular weight excluding hydrogens is 172 g/mol. The molecule has 0 N–H and O–H groups in total. The number of Topliss-reactive ketones (excluding diaryl/α,β-unsaturated/α-hetero) is 1. The second-order valence-electron chi connectivity index (χ2n) is 2.21. The van der Waals surface area contributed by atoms with Gasteiger partial charge in [0.2, 0.25) is 5.78 Å². The molecule has 0 amide bonds. The quantitative estimate of drug-likeness (QED) is 0.264. The SMILES string of the molecule is C=CC(=O)OC1=CC=CC(=O)C1=O. The third-order valence-electron chi connectivity index (χ3n) is 1.32. The summed E-state index contributed by atoms with van der Waals surface area (Å²) in [6.45, 7) is 3.15. The van der Waals surface area contributed by atoms with Crippen molar-refractivity contribution in [1.29, 1.82) is 0 Å². The molecule has 0 unspecified atom stereocenters. The smallest absolute Gasteiger partial charge is 0.335 e. The van der Waals surface area contributed by atoms with Crippen LogP contribution in [0, 0.1) is 0 Å². The molecule has 4 nitrogen and oxygen atoms in total. The highest BCUT2D eigenvalue weighted by Crippen LogP contribution is 2.07. The molecular formula is C9H6O4. The molecule has 1 aliphatic rings. The summed E-state index contributed by atoms with van der Waals surface area (Å²) in [7, 11) is 0. The first-order valence-electron chi connectivity index (χ1n) is 3.46. The van der Waals surface area contributed by atoms with Gasteiger partial charge in [-0.05, 0) is 12.2 Å². The van der Waals surface area contributed by atoms with Crippen LogP contribution in [-0.2, 0) is 19.1 Å². The molecule has 0 atom stereocenters. The van der Waals surface area contributed by atoms with Gasteiger partial charge < -0.3 is 4.74 Å². The van der Waals surface area contributed by atoms with Crippen LogP contribution in [0.3, 0.4) is 0 Å². The van der Waals surface area contributed by atoms with Gasteiger partial charge in [-0.1, -0.05) is 12.7 Å². The molecule has 1 aliphatic carbocycles. The molecule has 0 heterocycles. The molecule has 0 saturated heterocycles. The molecule has 0 bridgehead atoms. The summed E-state index contributed by atoms with van der Waals surface area (Å²) in [5.74, 6) is -2.55. The number of ether oxygens (including phenoxy) is 1. The minimum absolute atomic E-state index is 0.266. The predicted octanol–water partition coefficient (Wildman–Crippen LogP) is 0.307. The van der Waals surface area contributed by atoms with Gasteiger partial charge in [-0.3, -0.25) is 9.59 Å². The lowest BCUT2D eigenvalue weighted by atomic mass is 10.1. The van der Waals surface area contributed by atoms with Gasteiger partial charge in [0.15, 0.2) is 5.76 Å². The van der Waals surface area contributed by atoms with E-state index in [-0.39, 0.29) is 5.76 Å². The van der Waals surface area contributed by atoms with E-state index in [1.165, 1.54) is 12.2 Å². The molecule has 0 aromatic carbocycles. The van der Waals surface area contributed by atoms with Gasteiger partial charge >= 0.3 is 5.97 Å². The molecule has 4 heteroatoms. The molecule has 0 saturated carbocycles. The Balaban J connectivity index is 2.80. The maximum Gasteiger partial charge on any atom is 0.335 e. The average molecular weight is 178 g/mol. The lowest BCUT2D eigenvalue weighted by Crippen LogP contribution is -2.19. The molecule has 0 spiro atoms. The lowest BCUT2D eigenvalue weighted by molar-refractivity contribution is -0.140. The first-order valence-corrected chi connectivity index (χ1v) is 3.46. The zero-order chi connectivity index (χ0) is 9.84. The van der Waals surface area contributed by atoms with Crippen LogP contribution in [0.5, 0.6) is 0 Å². The summed E-state index contributed by atoms with van der Waals surface area (Å²) in [5.41, 5.74) is 0. The number of rotatable bonds is 2. The minimum Gasteiger partial charge on any atom is -0.419 e. The summed E-state index contributed by atoms with van der Waals surface area (Å²) < 4.78 is 4.51. The number of esters is 1. The van der Waals surface area contributed by atoms with Gasteiger partial charge in [0.1, 0.15) is 0 Å². The van der Waals surface area contributed by atoms with E-state index in [9.17, 15) is 14.4 Å². The maximum absolute atomic E-state index is 11.0. The fourth-order valence-electron chi connectivity index (χ4n) is 0.726.